The fourth-order valence-corrected chi connectivity index (χ4v) is 3.33. The number of amides is 1. The highest BCUT2D eigenvalue weighted by molar-refractivity contribution is 7.07. The molecule has 0 atom stereocenters. The average molecular weight is 532 g/mol. The highest BCUT2D eigenvalue weighted by Crippen LogP contribution is 2.44. The van der Waals surface area contributed by atoms with E-state index < -0.39 is 52.3 Å². The molecule has 0 unspecified atom stereocenters. The number of nitrogens with zero attached hydrogens (tertiary/aromatic N) is 3. The summed E-state index contributed by atoms with van der Waals surface area (Å²) in [6.45, 7) is 0. The van der Waals surface area contributed by atoms with Crippen LogP contribution in [0.25, 0.3) is 5.57 Å². The Bertz CT molecular complexity index is 1290. The minimum atomic E-state index is -5.36. The van der Waals surface area contributed by atoms with E-state index in [0.717, 1.165) is 53.8 Å². The highest BCUT2D eigenvalue weighted by atomic mass is 32.1. The molecule has 6 nitrogen and oxygen atoms in total. The molecule has 190 valence electrons. The second-order valence-corrected chi connectivity index (χ2v) is 7.74. The number of ether oxygens (including phenoxy) is 1. The molecule has 0 saturated carbocycles. The topological polar surface area (TPSA) is 80.8 Å². The van der Waals surface area contributed by atoms with Crippen molar-refractivity contribution in [1.82, 2.24) is 4.98 Å². The van der Waals surface area contributed by atoms with Gasteiger partial charge in [-0.2, -0.15) is 26.3 Å². The first-order valence-corrected chi connectivity index (χ1v) is 10.6. The van der Waals surface area contributed by atoms with Crippen molar-refractivity contribution in [1.29, 1.82) is 0 Å². The number of anilines is 1. The fourth-order valence-electron chi connectivity index (χ4n) is 2.86. The van der Waals surface area contributed by atoms with E-state index in [2.05, 4.69) is 9.98 Å². The van der Waals surface area contributed by atoms with Crippen LogP contribution in [-0.4, -0.2) is 24.3 Å². The van der Waals surface area contributed by atoms with Crippen LogP contribution in [0.15, 0.2) is 58.5 Å². The van der Waals surface area contributed by atoms with Crippen molar-refractivity contribution in [3.63, 3.8) is 0 Å². The van der Waals surface area contributed by atoms with Crippen LogP contribution >= 0.6 is 11.3 Å². The second kappa shape index (κ2) is 10.4. The number of halogens is 7. The fraction of sp³-hybridized carbons (Fsp3) is 0.136. The lowest BCUT2D eigenvalue weighted by atomic mass is 9.98. The van der Waals surface area contributed by atoms with Gasteiger partial charge in [-0.15, -0.1) is 11.3 Å². The number of nitrogens with two attached hydrogens (primary N) is 1. The number of rotatable bonds is 5. The largest absolute Gasteiger partial charge is 0.420 e. The lowest BCUT2D eigenvalue weighted by Crippen LogP contribution is -2.30. The monoisotopic (exact) mass is 532 g/mol. The Kier molecular flexibility index (Phi) is 7.67. The molecule has 14 heteroatoms. The SMILES string of the molecule is CN(C(=O)Oc1c(C(C=Nc2cscn2)=CN)cc(C(F)(F)F)cc1C(F)(F)F)c1ccc(F)cc1. The van der Waals surface area contributed by atoms with Crippen molar-refractivity contribution < 1.29 is 40.3 Å². The smallest absolute Gasteiger partial charge is 0.409 e. The van der Waals surface area contributed by atoms with Gasteiger partial charge in [0.15, 0.2) is 11.6 Å². The van der Waals surface area contributed by atoms with Crippen LogP contribution in [0.1, 0.15) is 16.7 Å². The van der Waals surface area contributed by atoms with E-state index in [1.165, 1.54) is 10.9 Å². The molecule has 0 bridgehead atoms. The standard InChI is InChI=1S/C22H15F7N4O2S/c1-33(15-4-2-14(23)3-5-15)20(34)35-19-16(12(8-30)9-31-18-10-36-11-32-18)6-13(21(24,25)26)7-17(19)22(27,28)29/h2-11H,30H2,1H3. The predicted octanol–water partition coefficient (Wildman–Crippen LogP) is 6.66. The molecular weight excluding hydrogens is 517 g/mol. The first kappa shape index (κ1) is 26.7. The average Bonchev–Trinajstić information content (AvgIpc) is 3.32. The van der Waals surface area contributed by atoms with Gasteiger partial charge in [0.2, 0.25) is 0 Å². The quantitative estimate of drug-likeness (QED) is 0.295. The molecule has 0 saturated heterocycles. The number of carbonyl (C=O) groups excluding carboxylic acids is 1. The van der Waals surface area contributed by atoms with Crippen LogP contribution < -0.4 is 15.4 Å². The molecule has 0 aliphatic carbocycles. The molecule has 3 aromatic rings. The van der Waals surface area contributed by atoms with E-state index in [9.17, 15) is 35.5 Å². The van der Waals surface area contributed by atoms with Gasteiger partial charge in [0.05, 0.1) is 16.6 Å². The van der Waals surface area contributed by atoms with Gasteiger partial charge in [0.1, 0.15) is 5.82 Å². The Balaban J connectivity index is 2.16. The van der Waals surface area contributed by atoms with Gasteiger partial charge in [-0.3, -0.25) is 4.90 Å². The van der Waals surface area contributed by atoms with E-state index in [1.807, 2.05) is 0 Å². The molecule has 2 N–H and O–H groups in total. The normalized spacial score (nSPS) is 12.7. The Labute approximate surface area is 203 Å². The minimum absolute atomic E-state index is 0.0445. The summed E-state index contributed by atoms with van der Waals surface area (Å²) in [6.07, 6.45) is -10.3. The number of aromatic nitrogens is 1. The summed E-state index contributed by atoms with van der Waals surface area (Å²) in [5.41, 5.74) is 2.23. The molecule has 0 aliphatic heterocycles. The third-order valence-corrected chi connectivity index (χ3v) is 5.22. The van der Waals surface area contributed by atoms with Gasteiger partial charge in [0.25, 0.3) is 0 Å². The van der Waals surface area contributed by atoms with Gasteiger partial charge < -0.3 is 10.5 Å². The summed E-state index contributed by atoms with van der Waals surface area (Å²) in [5.74, 6) is -1.74. The van der Waals surface area contributed by atoms with Crippen molar-refractivity contribution in [2.75, 3.05) is 11.9 Å². The predicted molar refractivity (Wildman–Crippen MR) is 120 cm³/mol. The van der Waals surface area contributed by atoms with Crippen LogP contribution in [0, 0.1) is 5.82 Å². The summed E-state index contributed by atoms with van der Waals surface area (Å²) in [4.78, 5) is 21.2. The lowest BCUT2D eigenvalue weighted by molar-refractivity contribution is -0.143. The van der Waals surface area contributed by atoms with Crippen LogP contribution in [-0.2, 0) is 12.4 Å². The summed E-state index contributed by atoms with van der Waals surface area (Å²) in [5, 5.41) is 1.47. The van der Waals surface area contributed by atoms with E-state index >= 15 is 0 Å². The molecule has 0 radical (unpaired) electrons. The summed E-state index contributed by atoms with van der Waals surface area (Å²) in [7, 11) is 1.12. The first-order chi connectivity index (χ1) is 16.8. The van der Waals surface area contributed by atoms with E-state index in [4.69, 9.17) is 10.5 Å². The summed E-state index contributed by atoms with van der Waals surface area (Å²) in [6, 6.07) is 4.49. The first-order valence-electron chi connectivity index (χ1n) is 9.69. The van der Waals surface area contributed by atoms with E-state index in [-0.39, 0.29) is 17.6 Å². The van der Waals surface area contributed by atoms with Crippen LogP contribution in [0.3, 0.4) is 0 Å². The maximum Gasteiger partial charge on any atom is 0.420 e. The summed E-state index contributed by atoms with van der Waals surface area (Å²) < 4.78 is 100. The van der Waals surface area contributed by atoms with Gasteiger partial charge in [-0.25, -0.2) is 19.2 Å². The van der Waals surface area contributed by atoms with E-state index in [1.54, 1.807) is 0 Å². The molecule has 3 rings (SSSR count). The molecule has 1 heterocycles. The van der Waals surface area contributed by atoms with Crippen molar-refractivity contribution in [2.45, 2.75) is 12.4 Å². The zero-order valence-electron chi connectivity index (χ0n) is 18.1. The molecule has 1 aromatic heterocycles. The summed E-state index contributed by atoms with van der Waals surface area (Å²) >= 11 is 1.15. The van der Waals surface area contributed by atoms with Gasteiger partial charge >= 0.3 is 18.4 Å². The third-order valence-electron chi connectivity index (χ3n) is 4.64. The molecule has 2 aromatic carbocycles. The number of alkyl halides is 6. The van der Waals surface area contributed by atoms with Gasteiger partial charge in [-0.05, 0) is 36.4 Å². The Morgan fingerprint density at radius 2 is 1.78 bits per heavy atom. The zero-order valence-corrected chi connectivity index (χ0v) is 18.9. The highest BCUT2D eigenvalue weighted by Gasteiger charge is 2.41. The lowest BCUT2D eigenvalue weighted by Gasteiger charge is -2.22. The number of hydrogen-bond donors (Lipinski definition) is 1. The van der Waals surface area contributed by atoms with Crippen molar-refractivity contribution in [3.8, 4) is 5.75 Å². The van der Waals surface area contributed by atoms with Gasteiger partial charge in [0, 0.05) is 41.7 Å². The maximum absolute atomic E-state index is 13.9. The number of benzene rings is 2. The second-order valence-electron chi connectivity index (χ2n) is 7.03. The number of aliphatic imine (C=N–C) groups is 1. The number of carbonyl (C=O) groups is 1. The number of hydrogen-bond acceptors (Lipinski definition) is 6. The molecule has 36 heavy (non-hydrogen) atoms. The van der Waals surface area contributed by atoms with Crippen LogP contribution in [0.4, 0.5) is 47.0 Å². The third kappa shape index (κ3) is 6.19. The van der Waals surface area contributed by atoms with Crippen LogP contribution in [0.2, 0.25) is 0 Å². The van der Waals surface area contributed by atoms with Crippen molar-refractivity contribution in [2.24, 2.45) is 10.7 Å². The zero-order chi connectivity index (χ0) is 26.7. The van der Waals surface area contributed by atoms with Crippen LogP contribution in [0.5, 0.6) is 5.75 Å². The number of thiazole rings is 1. The Morgan fingerprint density at radius 3 is 2.31 bits per heavy atom. The molecule has 0 spiro atoms. The molecule has 0 aliphatic rings. The Morgan fingerprint density at radius 1 is 1.11 bits per heavy atom. The molecule has 0 fully saturated rings. The molecule has 1 amide bonds. The molecular formula is C22H15F7N4O2S. The van der Waals surface area contributed by atoms with Gasteiger partial charge in [-0.1, -0.05) is 0 Å². The maximum atomic E-state index is 13.9. The minimum Gasteiger partial charge on any atom is -0.409 e. The van der Waals surface area contributed by atoms with E-state index in [0.29, 0.717) is 12.3 Å². The Hall–Kier alpha value is -3.94. The van der Waals surface area contributed by atoms with Crippen molar-refractivity contribution in [3.05, 3.63) is 76.0 Å². The number of allylic oxidation sites excluding steroid dienone is 1. The van der Waals surface area contributed by atoms with Crippen molar-refractivity contribution >= 4 is 40.7 Å².